The Balaban J connectivity index is 1.55. The smallest absolute Gasteiger partial charge is 0.335 e. The number of piperidine rings is 1. The lowest BCUT2D eigenvalue weighted by atomic mass is 9.89. The van der Waals surface area contributed by atoms with Gasteiger partial charge in [-0.2, -0.15) is 0 Å². The molecule has 0 saturated carbocycles. The molecule has 1 aliphatic carbocycles. The summed E-state index contributed by atoms with van der Waals surface area (Å²) in [4.78, 5) is 26.2. The van der Waals surface area contributed by atoms with E-state index in [1.54, 1.807) is 19.2 Å². The van der Waals surface area contributed by atoms with E-state index in [1.807, 2.05) is 29.2 Å². The Morgan fingerprint density at radius 2 is 1.79 bits per heavy atom. The highest BCUT2D eigenvalue weighted by molar-refractivity contribution is 5.97. The molecule has 1 fully saturated rings. The van der Waals surface area contributed by atoms with E-state index in [0.717, 1.165) is 44.2 Å². The maximum absolute atomic E-state index is 13.3. The van der Waals surface area contributed by atoms with E-state index in [0.29, 0.717) is 17.9 Å². The number of carbonyl (C=O) groups is 2. The highest BCUT2D eigenvalue weighted by atomic mass is 16.5. The van der Waals surface area contributed by atoms with Crippen LogP contribution in [0.4, 0.5) is 0 Å². The highest BCUT2D eigenvalue weighted by Crippen LogP contribution is 2.33. The maximum atomic E-state index is 13.3. The summed E-state index contributed by atoms with van der Waals surface area (Å²) in [5, 5.41) is 9.08. The van der Waals surface area contributed by atoms with Crippen LogP contribution in [0, 0.1) is 0 Å². The first kappa shape index (κ1) is 18.5. The number of carboxylic acids is 1. The van der Waals surface area contributed by atoms with Crippen LogP contribution in [0.5, 0.6) is 5.75 Å². The van der Waals surface area contributed by atoms with Gasteiger partial charge in [0.05, 0.1) is 18.2 Å². The average molecular weight is 379 g/mol. The summed E-state index contributed by atoms with van der Waals surface area (Å²) in [5.74, 6) is -0.00587. The number of benzene rings is 2. The number of aromatic carboxylic acids is 1. The molecule has 1 N–H and O–H groups in total. The van der Waals surface area contributed by atoms with E-state index in [1.165, 1.54) is 11.1 Å². The maximum Gasteiger partial charge on any atom is 0.335 e. The number of hydrogen-bond donors (Lipinski definition) is 1. The van der Waals surface area contributed by atoms with Gasteiger partial charge in [-0.1, -0.05) is 12.1 Å². The minimum atomic E-state index is -0.921. The van der Waals surface area contributed by atoms with Crippen molar-refractivity contribution in [2.75, 3.05) is 20.2 Å². The molecule has 4 rings (SSSR count). The Hall–Kier alpha value is -2.82. The number of rotatable bonds is 4. The lowest BCUT2D eigenvalue weighted by molar-refractivity contribution is 0.0692. The van der Waals surface area contributed by atoms with E-state index in [4.69, 9.17) is 9.84 Å². The van der Waals surface area contributed by atoms with Crippen LogP contribution in [0.15, 0.2) is 36.4 Å². The summed E-state index contributed by atoms with van der Waals surface area (Å²) < 4.78 is 5.53. The zero-order chi connectivity index (χ0) is 19.7. The van der Waals surface area contributed by atoms with Crippen LogP contribution in [0.2, 0.25) is 0 Å². The van der Waals surface area contributed by atoms with Crippen molar-refractivity contribution in [3.8, 4) is 5.75 Å². The molecule has 5 nitrogen and oxygen atoms in total. The summed E-state index contributed by atoms with van der Waals surface area (Å²) >= 11 is 0. The topological polar surface area (TPSA) is 66.8 Å². The molecule has 0 radical (unpaired) electrons. The minimum absolute atomic E-state index is 0.0263. The van der Waals surface area contributed by atoms with Gasteiger partial charge in [0.25, 0.3) is 5.91 Å². The third-order valence-electron chi connectivity index (χ3n) is 5.98. The second-order valence-corrected chi connectivity index (χ2v) is 7.69. The van der Waals surface area contributed by atoms with Gasteiger partial charge >= 0.3 is 5.97 Å². The quantitative estimate of drug-likeness (QED) is 0.875. The molecule has 2 aromatic carbocycles. The molecule has 2 aromatic rings. The van der Waals surface area contributed by atoms with Gasteiger partial charge in [0.2, 0.25) is 0 Å². The number of aryl methyl sites for hydroxylation is 2. The largest absolute Gasteiger partial charge is 0.496 e. The fourth-order valence-corrected chi connectivity index (χ4v) is 4.44. The summed E-state index contributed by atoms with van der Waals surface area (Å²) in [7, 11) is 1.62. The van der Waals surface area contributed by atoms with E-state index in [9.17, 15) is 9.59 Å². The SMILES string of the molecule is COc1cc2c(cc1C(=O)N1CCC[C@H](c3ccc(C(=O)O)cc3)C1)CCC2. The zero-order valence-corrected chi connectivity index (χ0v) is 16.1. The lowest BCUT2D eigenvalue weighted by Crippen LogP contribution is -2.39. The predicted octanol–water partition coefficient (Wildman–Crippen LogP) is 3.90. The molecule has 28 heavy (non-hydrogen) atoms. The Kier molecular flexibility index (Phi) is 5.07. The van der Waals surface area contributed by atoms with Gasteiger partial charge < -0.3 is 14.7 Å². The van der Waals surface area contributed by atoms with Crippen molar-refractivity contribution in [3.05, 3.63) is 64.2 Å². The third-order valence-corrected chi connectivity index (χ3v) is 5.98. The summed E-state index contributed by atoms with van der Waals surface area (Å²) in [6.45, 7) is 1.38. The van der Waals surface area contributed by atoms with Gasteiger partial charge in [-0.05, 0) is 73.1 Å². The molecule has 0 spiro atoms. The Labute approximate surface area is 164 Å². The van der Waals surface area contributed by atoms with Crippen molar-refractivity contribution in [2.24, 2.45) is 0 Å². The van der Waals surface area contributed by atoms with Crippen molar-refractivity contribution in [1.29, 1.82) is 0 Å². The number of likely N-dealkylation sites (tertiary alicyclic amines) is 1. The third kappa shape index (κ3) is 3.49. The molecule has 0 unspecified atom stereocenters. The summed E-state index contributed by atoms with van der Waals surface area (Å²) in [6, 6.07) is 11.1. The number of carboxylic acid groups (broad SMARTS) is 1. The van der Waals surface area contributed by atoms with Crippen LogP contribution in [0.25, 0.3) is 0 Å². The number of amides is 1. The van der Waals surface area contributed by atoms with Crippen LogP contribution in [0.1, 0.15) is 62.6 Å². The molecule has 1 atom stereocenters. The molecule has 5 heteroatoms. The average Bonchev–Trinajstić information content (AvgIpc) is 3.20. The van der Waals surface area contributed by atoms with Crippen molar-refractivity contribution in [1.82, 2.24) is 4.90 Å². The normalized spacial score (nSPS) is 18.6. The molecular weight excluding hydrogens is 354 g/mol. The molecule has 1 heterocycles. The molecule has 0 aromatic heterocycles. The molecule has 2 aliphatic rings. The number of methoxy groups -OCH3 is 1. The fourth-order valence-electron chi connectivity index (χ4n) is 4.44. The number of nitrogens with zero attached hydrogens (tertiary/aromatic N) is 1. The Morgan fingerprint density at radius 1 is 1.07 bits per heavy atom. The van der Waals surface area contributed by atoms with E-state index < -0.39 is 5.97 Å². The number of hydrogen-bond acceptors (Lipinski definition) is 3. The molecule has 1 amide bonds. The number of ether oxygens (including phenoxy) is 1. The molecular formula is C23H25NO4. The Morgan fingerprint density at radius 3 is 2.46 bits per heavy atom. The predicted molar refractivity (Wildman–Crippen MR) is 106 cm³/mol. The van der Waals surface area contributed by atoms with Crippen molar-refractivity contribution < 1.29 is 19.4 Å². The zero-order valence-electron chi connectivity index (χ0n) is 16.1. The summed E-state index contributed by atoms with van der Waals surface area (Å²) in [5.41, 5.74) is 4.59. The van der Waals surface area contributed by atoms with Gasteiger partial charge in [0.1, 0.15) is 5.75 Å². The van der Waals surface area contributed by atoms with Crippen LogP contribution in [-0.4, -0.2) is 42.1 Å². The standard InChI is InChI=1S/C23H25NO4/c1-28-21-13-18-5-2-4-17(18)12-20(21)22(25)24-11-3-6-19(14-24)15-7-9-16(10-8-15)23(26)27/h7-10,12-13,19H,2-6,11,14H2,1H3,(H,26,27)/t19-/m0/s1. The number of fused-ring (bicyclic) bond motifs is 1. The van der Waals surface area contributed by atoms with Gasteiger partial charge in [-0.15, -0.1) is 0 Å². The van der Waals surface area contributed by atoms with Crippen molar-refractivity contribution in [2.45, 2.75) is 38.0 Å². The molecule has 146 valence electrons. The first-order valence-electron chi connectivity index (χ1n) is 9.89. The monoisotopic (exact) mass is 379 g/mol. The second kappa shape index (κ2) is 7.66. The first-order chi connectivity index (χ1) is 13.6. The van der Waals surface area contributed by atoms with Crippen molar-refractivity contribution in [3.63, 3.8) is 0 Å². The van der Waals surface area contributed by atoms with Gasteiger partial charge in [-0.3, -0.25) is 4.79 Å². The van der Waals surface area contributed by atoms with Gasteiger partial charge in [-0.25, -0.2) is 4.79 Å². The highest BCUT2D eigenvalue weighted by Gasteiger charge is 2.28. The van der Waals surface area contributed by atoms with E-state index in [2.05, 4.69) is 0 Å². The van der Waals surface area contributed by atoms with Crippen LogP contribution < -0.4 is 4.74 Å². The fraction of sp³-hybridized carbons (Fsp3) is 0.391. The number of carbonyl (C=O) groups excluding carboxylic acids is 1. The molecule has 1 aliphatic heterocycles. The van der Waals surface area contributed by atoms with Crippen molar-refractivity contribution >= 4 is 11.9 Å². The Bertz CT molecular complexity index is 904. The lowest BCUT2D eigenvalue weighted by Gasteiger charge is -2.33. The second-order valence-electron chi connectivity index (χ2n) is 7.69. The van der Waals surface area contributed by atoms with Gasteiger partial charge in [0, 0.05) is 19.0 Å². The van der Waals surface area contributed by atoms with Crippen LogP contribution in [-0.2, 0) is 12.8 Å². The molecule has 1 saturated heterocycles. The minimum Gasteiger partial charge on any atom is -0.496 e. The summed E-state index contributed by atoms with van der Waals surface area (Å²) in [6.07, 6.45) is 5.15. The molecule has 0 bridgehead atoms. The van der Waals surface area contributed by atoms with Crippen LogP contribution in [0.3, 0.4) is 0 Å². The first-order valence-corrected chi connectivity index (χ1v) is 9.89. The van der Waals surface area contributed by atoms with Gasteiger partial charge in [0.15, 0.2) is 0 Å². The van der Waals surface area contributed by atoms with E-state index >= 15 is 0 Å². The van der Waals surface area contributed by atoms with Crippen LogP contribution >= 0.6 is 0 Å². The van der Waals surface area contributed by atoms with E-state index in [-0.39, 0.29) is 17.4 Å².